The van der Waals surface area contributed by atoms with Crippen LogP contribution in [0.1, 0.15) is 76.8 Å². The lowest BCUT2D eigenvalue weighted by Gasteiger charge is -2.45. The molecule has 3 unspecified atom stereocenters. The molecule has 1 N–H and O–H groups in total. The van der Waals surface area contributed by atoms with Gasteiger partial charge in [0.25, 0.3) is 5.91 Å². The van der Waals surface area contributed by atoms with E-state index in [0.29, 0.717) is 30.7 Å². The van der Waals surface area contributed by atoms with Crippen LogP contribution < -0.4 is 5.32 Å². The Morgan fingerprint density at radius 2 is 1.72 bits per heavy atom. The summed E-state index contributed by atoms with van der Waals surface area (Å²) in [5.74, 6) is 2.43. The number of nitrogens with zero attached hydrogens (tertiary/aromatic N) is 4. The highest BCUT2D eigenvalue weighted by Crippen LogP contribution is 2.32. The molecule has 2 aromatic rings. The summed E-state index contributed by atoms with van der Waals surface area (Å²) in [6.07, 6.45) is 6.47. The molecule has 5 rings (SSSR count). The fourth-order valence-corrected chi connectivity index (χ4v) is 6.85. The summed E-state index contributed by atoms with van der Waals surface area (Å²) in [6.45, 7) is 13.1. The Morgan fingerprint density at radius 1 is 1.03 bits per heavy atom. The molecule has 7 heteroatoms. The molecule has 3 heterocycles. The summed E-state index contributed by atoms with van der Waals surface area (Å²) >= 11 is 0. The maximum absolute atomic E-state index is 13.9. The van der Waals surface area contributed by atoms with Crippen molar-refractivity contribution >= 4 is 22.8 Å². The van der Waals surface area contributed by atoms with E-state index in [9.17, 15) is 9.59 Å². The highest BCUT2D eigenvalue weighted by molar-refractivity contribution is 6.01. The van der Waals surface area contributed by atoms with Crippen molar-refractivity contribution in [3.63, 3.8) is 0 Å². The summed E-state index contributed by atoms with van der Waals surface area (Å²) in [5, 5.41) is 3.35. The Labute approximate surface area is 215 Å². The van der Waals surface area contributed by atoms with E-state index in [1.165, 1.54) is 6.42 Å². The van der Waals surface area contributed by atoms with Crippen LogP contribution in [0.15, 0.2) is 24.3 Å². The summed E-state index contributed by atoms with van der Waals surface area (Å²) in [5.41, 5.74) is 0.782. The second kappa shape index (κ2) is 10.2. The van der Waals surface area contributed by atoms with Gasteiger partial charge in [-0.05, 0) is 81.9 Å². The molecule has 0 bridgehead atoms. The molecule has 1 saturated heterocycles. The lowest BCUT2D eigenvalue weighted by molar-refractivity contribution is -0.134. The van der Waals surface area contributed by atoms with Crippen LogP contribution in [0, 0.1) is 17.8 Å². The van der Waals surface area contributed by atoms with Crippen molar-refractivity contribution in [2.24, 2.45) is 17.8 Å². The van der Waals surface area contributed by atoms with Crippen LogP contribution in [0.25, 0.3) is 11.0 Å². The quantitative estimate of drug-likeness (QED) is 0.651. The zero-order valence-corrected chi connectivity index (χ0v) is 22.5. The number of carbonyl (C=O) groups is 2. The molecule has 1 aliphatic carbocycles. The van der Waals surface area contributed by atoms with Gasteiger partial charge in [-0.1, -0.05) is 32.9 Å². The molecule has 2 fully saturated rings. The standard InChI is InChI=1S/C29H43N5O2/c1-20-10-12-23(13-11-20)30-28(36)29(4)19-33-25-9-6-5-8-24(25)31-26(33)27(35)34(29)15-7-14-32-17-21(2)16-22(3)18-32/h5-6,8-9,20-23H,7,10-19H2,1-4H3,(H,30,36). The Morgan fingerprint density at radius 3 is 2.44 bits per heavy atom. The third-order valence-electron chi connectivity index (χ3n) is 8.79. The number of piperidine rings is 1. The smallest absolute Gasteiger partial charge is 0.290 e. The number of para-hydroxylation sites is 2. The van der Waals surface area contributed by atoms with Crippen LogP contribution in [0.5, 0.6) is 0 Å². The highest BCUT2D eigenvalue weighted by Gasteiger charge is 2.48. The number of fused-ring (bicyclic) bond motifs is 3. The van der Waals surface area contributed by atoms with E-state index in [-0.39, 0.29) is 17.9 Å². The Bertz CT molecular complexity index is 1090. The number of hydrogen-bond donors (Lipinski definition) is 1. The molecule has 196 valence electrons. The number of imidazole rings is 1. The highest BCUT2D eigenvalue weighted by atomic mass is 16.2. The van der Waals surface area contributed by atoms with E-state index < -0.39 is 5.54 Å². The second-order valence-corrected chi connectivity index (χ2v) is 12.2. The second-order valence-electron chi connectivity index (χ2n) is 12.2. The number of amides is 2. The van der Waals surface area contributed by atoms with Gasteiger partial charge in [0.2, 0.25) is 5.91 Å². The third kappa shape index (κ3) is 4.91. The fourth-order valence-electron chi connectivity index (χ4n) is 6.85. The van der Waals surface area contributed by atoms with Gasteiger partial charge in [-0.3, -0.25) is 9.59 Å². The van der Waals surface area contributed by atoms with Gasteiger partial charge in [0, 0.05) is 25.7 Å². The minimum Gasteiger partial charge on any atom is -0.351 e. The summed E-state index contributed by atoms with van der Waals surface area (Å²) in [7, 11) is 0. The van der Waals surface area contributed by atoms with Crippen molar-refractivity contribution in [3.8, 4) is 0 Å². The lowest BCUT2D eigenvalue weighted by Crippen LogP contribution is -2.65. The maximum atomic E-state index is 13.9. The van der Waals surface area contributed by atoms with Gasteiger partial charge in [-0.2, -0.15) is 0 Å². The zero-order valence-electron chi connectivity index (χ0n) is 22.5. The molecule has 7 nitrogen and oxygen atoms in total. The topological polar surface area (TPSA) is 70.5 Å². The first-order valence-corrected chi connectivity index (χ1v) is 14.0. The number of benzene rings is 1. The largest absolute Gasteiger partial charge is 0.351 e. The maximum Gasteiger partial charge on any atom is 0.290 e. The van der Waals surface area contributed by atoms with Crippen LogP contribution in [-0.4, -0.2) is 68.9 Å². The molecule has 1 aromatic carbocycles. The molecule has 0 radical (unpaired) electrons. The van der Waals surface area contributed by atoms with E-state index in [1.54, 1.807) is 0 Å². The number of likely N-dealkylation sites (tertiary alicyclic amines) is 1. The van der Waals surface area contributed by atoms with Crippen molar-refractivity contribution < 1.29 is 9.59 Å². The number of aromatic nitrogens is 2. The molecule has 3 atom stereocenters. The first-order valence-electron chi connectivity index (χ1n) is 14.0. The summed E-state index contributed by atoms with van der Waals surface area (Å²) < 4.78 is 1.96. The predicted molar refractivity (Wildman–Crippen MR) is 143 cm³/mol. The van der Waals surface area contributed by atoms with Gasteiger partial charge in [0.15, 0.2) is 5.82 Å². The van der Waals surface area contributed by atoms with Crippen molar-refractivity contribution in [2.75, 3.05) is 26.2 Å². The summed E-state index contributed by atoms with van der Waals surface area (Å²) in [6, 6.07) is 8.04. The monoisotopic (exact) mass is 493 g/mol. The predicted octanol–water partition coefficient (Wildman–Crippen LogP) is 4.31. The lowest BCUT2D eigenvalue weighted by atomic mass is 9.86. The number of hydrogen-bond acceptors (Lipinski definition) is 4. The van der Waals surface area contributed by atoms with E-state index in [4.69, 9.17) is 0 Å². The van der Waals surface area contributed by atoms with E-state index in [2.05, 4.69) is 36.0 Å². The molecular weight excluding hydrogens is 450 g/mol. The van der Waals surface area contributed by atoms with Crippen LogP contribution in [0.3, 0.4) is 0 Å². The average molecular weight is 494 g/mol. The minimum absolute atomic E-state index is 0.0287. The molecule has 36 heavy (non-hydrogen) atoms. The van der Waals surface area contributed by atoms with Gasteiger partial charge >= 0.3 is 0 Å². The van der Waals surface area contributed by atoms with Gasteiger partial charge < -0.3 is 19.7 Å². The van der Waals surface area contributed by atoms with Crippen molar-refractivity contribution in [2.45, 2.75) is 84.3 Å². The van der Waals surface area contributed by atoms with Crippen LogP contribution in [-0.2, 0) is 11.3 Å². The van der Waals surface area contributed by atoms with Gasteiger partial charge in [0.05, 0.1) is 17.6 Å². The van der Waals surface area contributed by atoms with E-state index in [1.807, 2.05) is 40.7 Å². The molecule has 3 aliphatic rings. The number of carbonyl (C=O) groups excluding carboxylic acids is 2. The summed E-state index contributed by atoms with van der Waals surface area (Å²) in [4.78, 5) is 36.8. The molecular formula is C29H43N5O2. The minimum atomic E-state index is -0.945. The van der Waals surface area contributed by atoms with Crippen LogP contribution in [0.2, 0.25) is 0 Å². The van der Waals surface area contributed by atoms with E-state index >= 15 is 0 Å². The van der Waals surface area contributed by atoms with Crippen LogP contribution in [0.4, 0.5) is 0 Å². The van der Waals surface area contributed by atoms with Gasteiger partial charge in [-0.15, -0.1) is 0 Å². The molecule has 2 aliphatic heterocycles. The average Bonchev–Trinajstić information content (AvgIpc) is 3.20. The third-order valence-corrected chi connectivity index (χ3v) is 8.79. The van der Waals surface area contributed by atoms with Crippen LogP contribution >= 0.6 is 0 Å². The Hall–Kier alpha value is -2.41. The van der Waals surface area contributed by atoms with Crippen molar-refractivity contribution in [3.05, 3.63) is 30.1 Å². The molecule has 0 spiro atoms. The number of rotatable bonds is 6. The first kappa shape index (κ1) is 25.2. The fraction of sp³-hybridized carbons (Fsp3) is 0.690. The SMILES string of the molecule is CC1CCC(NC(=O)C2(C)Cn3c(nc4ccccc43)C(=O)N2CCCN2CC(C)CC(C)C2)CC1. The normalized spacial score (nSPS) is 31.4. The van der Waals surface area contributed by atoms with Gasteiger partial charge in [-0.25, -0.2) is 4.98 Å². The van der Waals surface area contributed by atoms with Crippen molar-refractivity contribution in [1.29, 1.82) is 0 Å². The van der Waals surface area contributed by atoms with Gasteiger partial charge in [0.1, 0.15) is 5.54 Å². The Balaban J connectivity index is 1.37. The molecule has 1 aromatic heterocycles. The first-order chi connectivity index (χ1) is 17.2. The zero-order chi connectivity index (χ0) is 25.4. The van der Waals surface area contributed by atoms with E-state index in [0.717, 1.165) is 68.7 Å². The molecule has 1 saturated carbocycles. The number of nitrogens with one attached hydrogen (secondary N) is 1. The van der Waals surface area contributed by atoms with Crippen molar-refractivity contribution in [1.82, 2.24) is 24.7 Å². The molecule has 2 amide bonds. The Kier molecular flexibility index (Phi) is 7.12.